The molecule has 282 valence electrons. The van der Waals surface area contributed by atoms with Gasteiger partial charge in [0, 0.05) is 26.1 Å². The van der Waals surface area contributed by atoms with Gasteiger partial charge in [-0.05, 0) is 129 Å². The Labute approximate surface area is 353 Å². The smallest absolute Gasteiger partial charge is 0.0393 e. The normalized spacial score (nSPS) is 12.4. The molecule has 0 aliphatic rings. The monoisotopic (exact) mass is 780 g/mol. The maximum Gasteiger partial charge on any atom is 0.0393 e. The molecule has 11 aromatic carbocycles. The second-order valence-electron chi connectivity index (χ2n) is 16.3. The minimum absolute atomic E-state index is 0.213. The topological polar surface area (TPSA) is 0 Å². The predicted octanol–water partition coefficient (Wildman–Crippen LogP) is 17.3. The van der Waals surface area contributed by atoms with Crippen molar-refractivity contribution in [3.8, 4) is 33.4 Å². The molecular formula is C59H40S. The highest BCUT2D eigenvalue weighted by molar-refractivity contribution is 7.26. The summed E-state index contributed by atoms with van der Waals surface area (Å²) >= 11 is 1.92. The van der Waals surface area contributed by atoms with Gasteiger partial charge in [-0.25, -0.2) is 0 Å². The molecule has 1 unspecified atom stereocenters. The van der Waals surface area contributed by atoms with Gasteiger partial charge in [-0.3, -0.25) is 0 Å². The van der Waals surface area contributed by atoms with E-state index in [4.69, 9.17) is 0 Å². The fourth-order valence-corrected chi connectivity index (χ4v) is 11.6. The van der Waals surface area contributed by atoms with E-state index in [1.165, 1.54) is 124 Å². The van der Waals surface area contributed by atoms with Crippen LogP contribution in [0, 0.1) is 6.92 Å². The van der Waals surface area contributed by atoms with E-state index in [2.05, 4.69) is 214 Å². The van der Waals surface area contributed by atoms with Crippen LogP contribution in [0.3, 0.4) is 0 Å². The molecule has 0 saturated carbocycles. The van der Waals surface area contributed by atoms with Crippen LogP contribution in [0.25, 0.3) is 107 Å². The van der Waals surface area contributed by atoms with Crippen molar-refractivity contribution in [1.29, 1.82) is 0 Å². The lowest BCUT2D eigenvalue weighted by molar-refractivity contribution is 0.937. The SMILES string of the molecule is Cc1c(-c2ccc3c4cc(-c5ccccc5)ccc4c4c5ccccc5c5ccccc5c4c3c2)cccc1-c1ccccc1C(C)c1cccc2c1sc1ccccc12. The third-order valence-corrected chi connectivity index (χ3v) is 14.4. The number of fused-ring (bicyclic) bond motifs is 14. The number of hydrogen-bond donors (Lipinski definition) is 0. The summed E-state index contributed by atoms with van der Waals surface area (Å²) in [4.78, 5) is 0. The molecule has 1 heterocycles. The van der Waals surface area contributed by atoms with Gasteiger partial charge < -0.3 is 0 Å². The van der Waals surface area contributed by atoms with Crippen LogP contribution in [0.15, 0.2) is 200 Å². The lowest BCUT2D eigenvalue weighted by Gasteiger charge is -2.21. The quantitative estimate of drug-likeness (QED) is 0.153. The summed E-state index contributed by atoms with van der Waals surface area (Å²) in [6.07, 6.45) is 0. The summed E-state index contributed by atoms with van der Waals surface area (Å²) in [7, 11) is 0. The summed E-state index contributed by atoms with van der Waals surface area (Å²) in [5.74, 6) is 0.213. The first-order chi connectivity index (χ1) is 29.6. The van der Waals surface area contributed by atoms with Crippen LogP contribution in [0.1, 0.15) is 29.5 Å². The van der Waals surface area contributed by atoms with Crippen molar-refractivity contribution in [3.05, 3.63) is 217 Å². The molecule has 12 aromatic rings. The Morgan fingerprint density at radius 3 is 1.65 bits per heavy atom. The van der Waals surface area contributed by atoms with E-state index in [1.807, 2.05) is 11.3 Å². The van der Waals surface area contributed by atoms with Gasteiger partial charge in [0.25, 0.3) is 0 Å². The van der Waals surface area contributed by atoms with Crippen molar-refractivity contribution < 1.29 is 0 Å². The van der Waals surface area contributed by atoms with E-state index in [9.17, 15) is 0 Å². The molecule has 0 nitrogen and oxygen atoms in total. The Morgan fingerprint density at radius 2 is 0.850 bits per heavy atom. The number of benzene rings is 11. The Morgan fingerprint density at radius 1 is 0.333 bits per heavy atom. The zero-order valence-electron chi connectivity index (χ0n) is 33.5. The molecule has 0 N–H and O–H groups in total. The highest BCUT2D eigenvalue weighted by Crippen LogP contribution is 2.47. The fraction of sp³-hybridized carbons (Fsp3) is 0.0508. The first-order valence-corrected chi connectivity index (χ1v) is 21.8. The van der Waals surface area contributed by atoms with E-state index in [-0.39, 0.29) is 5.92 Å². The summed E-state index contributed by atoms with van der Waals surface area (Å²) in [5.41, 5.74) is 11.6. The second kappa shape index (κ2) is 13.8. The molecule has 1 aromatic heterocycles. The molecule has 0 fully saturated rings. The maximum atomic E-state index is 2.48. The Bertz CT molecular complexity index is 3680. The molecular weight excluding hydrogens is 741 g/mol. The predicted molar refractivity (Wildman–Crippen MR) is 262 cm³/mol. The van der Waals surface area contributed by atoms with Gasteiger partial charge in [0.15, 0.2) is 0 Å². The molecule has 1 heteroatoms. The van der Waals surface area contributed by atoms with Gasteiger partial charge in [-0.15, -0.1) is 11.3 Å². The highest BCUT2D eigenvalue weighted by Gasteiger charge is 2.21. The van der Waals surface area contributed by atoms with Crippen molar-refractivity contribution in [2.75, 3.05) is 0 Å². The lowest BCUT2D eigenvalue weighted by Crippen LogP contribution is -2.00. The van der Waals surface area contributed by atoms with E-state index in [0.29, 0.717) is 0 Å². The number of thiophene rings is 1. The van der Waals surface area contributed by atoms with Gasteiger partial charge >= 0.3 is 0 Å². The molecule has 0 saturated heterocycles. The van der Waals surface area contributed by atoms with Crippen molar-refractivity contribution in [2.24, 2.45) is 0 Å². The summed E-state index contributed by atoms with van der Waals surface area (Å²) in [6, 6.07) is 74.7. The third-order valence-electron chi connectivity index (χ3n) is 13.2. The molecule has 1 atom stereocenters. The minimum Gasteiger partial charge on any atom is -0.135 e. The molecule has 0 amide bonds. The van der Waals surface area contributed by atoms with Gasteiger partial charge in [0.05, 0.1) is 0 Å². The average molecular weight is 781 g/mol. The first-order valence-electron chi connectivity index (χ1n) is 21.0. The van der Waals surface area contributed by atoms with Crippen molar-refractivity contribution in [1.82, 2.24) is 0 Å². The van der Waals surface area contributed by atoms with E-state index < -0.39 is 0 Å². The second-order valence-corrected chi connectivity index (χ2v) is 17.4. The van der Waals surface area contributed by atoms with Crippen molar-refractivity contribution >= 4 is 85.4 Å². The van der Waals surface area contributed by atoms with Crippen LogP contribution >= 0.6 is 11.3 Å². The van der Waals surface area contributed by atoms with Crippen molar-refractivity contribution in [3.63, 3.8) is 0 Å². The van der Waals surface area contributed by atoms with Gasteiger partial charge in [-0.2, -0.15) is 0 Å². The summed E-state index contributed by atoms with van der Waals surface area (Å²) < 4.78 is 2.73. The average Bonchev–Trinajstić information content (AvgIpc) is 3.70. The molecule has 0 radical (unpaired) electrons. The molecule has 60 heavy (non-hydrogen) atoms. The van der Waals surface area contributed by atoms with Gasteiger partial charge in [0.2, 0.25) is 0 Å². The Kier molecular flexibility index (Phi) is 8.02. The molecule has 0 aliphatic carbocycles. The van der Waals surface area contributed by atoms with Crippen LogP contribution in [-0.4, -0.2) is 0 Å². The highest BCUT2D eigenvalue weighted by atomic mass is 32.1. The van der Waals surface area contributed by atoms with Crippen LogP contribution in [0.2, 0.25) is 0 Å². The van der Waals surface area contributed by atoms with E-state index in [1.54, 1.807) is 0 Å². The first kappa shape index (κ1) is 34.9. The molecule has 0 spiro atoms. The summed E-state index contributed by atoms with van der Waals surface area (Å²) in [5, 5.41) is 15.7. The van der Waals surface area contributed by atoms with Crippen LogP contribution in [0.4, 0.5) is 0 Å². The Balaban J connectivity index is 1.08. The van der Waals surface area contributed by atoms with Crippen LogP contribution in [-0.2, 0) is 0 Å². The Hall–Kier alpha value is -7.06. The largest absolute Gasteiger partial charge is 0.135 e. The zero-order valence-corrected chi connectivity index (χ0v) is 34.4. The maximum absolute atomic E-state index is 2.48. The lowest BCUT2D eigenvalue weighted by atomic mass is 9.83. The number of rotatable bonds is 5. The standard InChI is InChI=1S/C59H40S/c1-36-41(25-14-26-43(36)45-19-7-6-18-42(45)37(2)44-27-15-28-53-49-22-12-13-29-56(49)60-59(44)53)40-31-32-48-54-34-39(38-16-4-3-5-17-38)30-33-52(54)57-50-23-10-8-20-46(50)47-21-9-11-24-51(47)58(57)55(48)35-40/h3-35,37H,1-2H3. The number of hydrogen-bond acceptors (Lipinski definition) is 1. The molecule has 0 bridgehead atoms. The van der Waals surface area contributed by atoms with E-state index >= 15 is 0 Å². The van der Waals surface area contributed by atoms with Crippen LogP contribution < -0.4 is 0 Å². The van der Waals surface area contributed by atoms with Gasteiger partial charge in [0.1, 0.15) is 0 Å². The minimum atomic E-state index is 0.213. The van der Waals surface area contributed by atoms with Crippen molar-refractivity contribution in [2.45, 2.75) is 19.8 Å². The molecule has 0 aliphatic heterocycles. The fourth-order valence-electron chi connectivity index (χ4n) is 10.3. The van der Waals surface area contributed by atoms with E-state index in [0.717, 1.165) is 0 Å². The van der Waals surface area contributed by atoms with Crippen LogP contribution in [0.5, 0.6) is 0 Å². The summed E-state index contributed by atoms with van der Waals surface area (Å²) in [6.45, 7) is 4.70. The third kappa shape index (κ3) is 5.29. The zero-order chi connectivity index (χ0) is 39.9. The van der Waals surface area contributed by atoms with Gasteiger partial charge in [-0.1, -0.05) is 189 Å². The molecule has 12 rings (SSSR count).